The van der Waals surface area contributed by atoms with E-state index in [1.54, 1.807) is 24.3 Å². The first-order chi connectivity index (χ1) is 11.4. The number of carbonyl (C=O) groups is 1. The average molecular weight is 381 g/mol. The van der Waals surface area contributed by atoms with Crippen molar-refractivity contribution in [2.24, 2.45) is 0 Å². The number of H-pyrrole nitrogens is 1. The molecule has 0 spiro atoms. The molecule has 0 aliphatic rings. The van der Waals surface area contributed by atoms with Crippen LogP contribution in [-0.4, -0.2) is 23.0 Å². The largest absolute Gasteiger partial charge is 0.465 e. The molecule has 0 saturated heterocycles. The van der Waals surface area contributed by atoms with Gasteiger partial charge < -0.3 is 9.72 Å². The van der Waals surface area contributed by atoms with E-state index in [0.29, 0.717) is 25.7 Å². The van der Waals surface area contributed by atoms with Gasteiger partial charge in [-0.1, -0.05) is 11.6 Å². The van der Waals surface area contributed by atoms with Crippen molar-refractivity contribution in [2.75, 3.05) is 7.11 Å². The predicted octanol–water partition coefficient (Wildman–Crippen LogP) is 4.19. The molecule has 0 amide bonds. The second-order valence-corrected chi connectivity index (χ2v) is 7.81. The van der Waals surface area contributed by atoms with Crippen LogP contribution in [0.2, 0.25) is 0 Å². The van der Waals surface area contributed by atoms with Crippen LogP contribution in [0.5, 0.6) is 0 Å². The van der Waals surface area contributed by atoms with Gasteiger partial charge in [0, 0.05) is 9.75 Å². The standard InChI is InChI=1S/C16H13ClN2O3S2/c1-7-4-5-9(23-7)6-10(17)13-18-14(20)11-8(2)12(16(21)22-3)24-15(11)19-13/h4-6H,1-3H3,(H,18,19,20)/b10-6-. The number of aromatic amines is 1. The lowest BCUT2D eigenvalue weighted by atomic mass is 10.2. The molecule has 0 aliphatic carbocycles. The van der Waals surface area contributed by atoms with Crippen LogP contribution in [0.1, 0.15) is 30.8 Å². The van der Waals surface area contributed by atoms with E-state index < -0.39 is 5.97 Å². The fraction of sp³-hybridized carbons (Fsp3) is 0.188. The second-order valence-electron chi connectivity index (χ2n) is 5.08. The third kappa shape index (κ3) is 3.02. The molecule has 1 N–H and O–H groups in total. The Morgan fingerprint density at radius 2 is 2.08 bits per heavy atom. The molecule has 0 fully saturated rings. The number of carbonyl (C=O) groups excluding carboxylic acids is 1. The summed E-state index contributed by atoms with van der Waals surface area (Å²) in [6.45, 7) is 3.71. The van der Waals surface area contributed by atoms with Crippen molar-refractivity contribution >= 4 is 61.6 Å². The van der Waals surface area contributed by atoms with Gasteiger partial charge >= 0.3 is 5.97 Å². The molecule has 3 aromatic rings. The third-order valence-corrected chi connectivity index (χ3v) is 5.83. The van der Waals surface area contributed by atoms with Crippen molar-refractivity contribution in [1.29, 1.82) is 0 Å². The van der Waals surface area contributed by atoms with Gasteiger partial charge in [-0.2, -0.15) is 0 Å². The molecule has 24 heavy (non-hydrogen) atoms. The molecule has 0 saturated carbocycles. The van der Waals surface area contributed by atoms with E-state index in [0.717, 1.165) is 16.2 Å². The van der Waals surface area contributed by atoms with E-state index in [1.807, 2.05) is 19.1 Å². The predicted molar refractivity (Wildman–Crippen MR) is 99.1 cm³/mol. The summed E-state index contributed by atoms with van der Waals surface area (Å²) in [6, 6.07) is 3.94. The minimum Gasteiger partial charge on any atom is -0.465 e. The van der Waals surface area contributed by atoms with Crippen LogP contribution in [0.4, 0.5) is 0 Å². The number of nitrogens with one attached hydrogen (secondary N) is 1. The molecular formula is C16H13ClN2O3S2. The van der Waals surface area contributed by atoms with Gasteiger partial charge in [-0.05, 0) is 37.6 Å². The minimum absolute atomic E-state index is 0.276. The molecule has 0 radical (unpaired) electrons. The molecule has 5 nitrogen and oxygen atoms in total. The van der Waals surface area contributed by atoms with Gasteiger partial charge in [0.25, 0.3) is 5.56 Å². The first kappa shape index (κ1) is 16.9. The van der Waals surface area contributed by atoms with Gasteiger partial charge in [0.15, 0.2) is 5.82 Å². The highest BCUT2D eigenvalue weighted by molar-refractivity contribution is 7.20. The monoisotopic (exact) mass is 380 g/mol. The summed E-state index contributed by atoms with van der Waals surface area (Å²) < 4.78 is 4.74. The Labute approximate surface area is 150 Å². The van der Waals surface area contributed by atoms with Crippen molar-refractivity contribution in [1.82, 2.24) is 9.97 Å². The highest BCUT2D eigenvalue weighted by atomic mass is 35.5. The van der Waals surface area contributed by atoms with Crippen LogP contribution in [0.15, 0.2) is 16.9 Å². The van der Waals surface area contributed by atoms with E-state index in [4.69, 9.17) is 16.3 Å². The van der Waals surface area contributed by atoms with Crippen LogP contribution in [0.25, 0.3) is 21.3 Å². The van der Waals surface area contributed by atoms with Gasteiger partial charge in [-0.3, -0.25) is 4.79 Å². The molecule has 0 atom stereocenters. The van der Waals surface area contributed by atoms with Gasteiger partial charge in [0.1, 0.15) is 9.71 Å². The zero-order chi connectivity index (χ0) is 17.4. The van der Waals surface area contributed by atoms with E-state index in [9.17, 15) is 9.59 Å². The number of fused-ring (bicyclic) bond motifs is 1. The fourth-order valence-corrected chi connectivity index (χ4v) is 4.46. The van der Waals surface area contributed by atoms with Crippen LogP contribution in [-0.2, 0) is 4.74 Å². The lowest BCUT2D eigenvalue weighted by Gasteiger charge is -1.99. The van der Waals surface area contributed by atoms with Gasteiger partial charge in [-0.25, -0.2) is 9.78 Å². The molecular weight excluding hydrogens is 368 g/mol. The summed E-state index contributed by atoms with van der Waals surface area (Å²) in [5, 5.41) is 0.724. The molecule has 8 heteroatoms. The van der Waals surface area contributed by atoms with Crippen molar-refractivity contribution < 1.29 is 9.53 Å². The van der Waals surface area contributed by atoms with Crippen LogP contribution in [0, 0.1) is 13.8 Å². The van der Waals surface area contributed by atoms with E-state index in [-0.39, 0.29) is 11.4 Å². The Morgan fingerprint density at radius 1 is 1.33 bits per heavy atom. The Kier molecular flexibility index (Phi) is 4.58. The average Bonchev–Trinajstić information content (AvgIpc) is 3.10. The number of thiophene rings is 2. The molecule has 124 valence electrons. The van der Waals surface area contributed by atoms with E-state index in [1.165, 1.54) is 12.0 Å². The van der Waals surface area contributed by atoms with Crippen LogP contribution >= 0.6 is 34.3 Å². The van der Waals surface area contributed by atoms with Crippen molar-refractivity contribution in [3.8, 4) is 0 Å². The number of aromatic nitrogens is 2. The van der Waals surface area contributed by atoms with E-state index >= 15 is 0 Å². The fourth-order valence-electron chi connectivity index (χ4n) is 2.27. The summed E-state index contributed by atoms with van der Waals surface area (Å²) in [5.41, 5.74) is 0.240. The summed E-state index contributed by atoms with van der Waals surface area (Å²) in [5.74, 6) is -0.204. The Morgan fingerprint density at radius 3 is 2.71 bits per heavy atom. The highest BCUT2D eigenvalue weighted by Gasteiger charge is 2.20. The maximum Gasteiger partial charge on any atom is 0.348 e. The molecule has 0 aliphatic heterocycles. The summed E-state index contributed by atoms with van der Waals surface area (Å²) in [7, 11) is 1.30. The SMILES string of the molecule is COC(=O)c1sc2nc(/C(Cl)=C/c3ccc(C)s3)[nH]c(=O)c2c1C. The minimum atomic E-state index is -0.479. The third-order valence-electron chi connectivity index (χ3n) is 3.43. The van der Waals surface area contributed by atoms with Gasteiger partial charge in [-0.15, -0.1) is 22.7 Å². The zero-order valence-electron chi connectivity index (χ0n) is 13.1. The second kappa shape index (κ2) is 6.51. The first-order valence-corrected chi connectivity index (χ1v) is 8.97. The van der Waals surface area contributed by atoms with Crippen LogP contribution in [0.3, 0.4) is 0 Å². The maximum atomic E-state index is 12.4. The van der Waals surface area contributed by atoms with E-state index in [2.05, 4.69) is 9.97 Å². The molecule has 0 aromatic carbocycles. The molecule has 3 rings (SSSR count). The zero-order valence-corrected chi connectivity index (χ0v) is 15.5. The van der Waals surface area contributed by atoms with Crippen molar-refractivity contribution in [3.05, 3.63) is 48.5 Å². The number of rotatable bonds is 3. The number of hydrogen-bond acceptors (Lipinski definition) is 6. The van der Waals surface area contributed by atoms with Crippen molar-refractivity contribution in [3.63, 3.8) is 0 Å². The molecule has 0 unspecified atom stereocenters. The number of hydrogen-bond donors (Lipinski definition) is 1. The Hall–Kier alpha value is -1.96. The number of esters is 1. The summed E-state index contributed by atoms with van der Waals surface area (Å²) in [6.07, 6.45) is 1.75. The quantitative estimate of drug-likeness (QED) is 0.691. The van der Waals surface area contributed by atoms with Gasteiger partial charge in [0.05, 0.1) is 17.5 Å². The lowest BCUT2D eigenvalue weighted by Crippen LogP contribution is -2.10. The Bertz CT molecular complexity index is 1030. The maximum absolute atomic E-state index is 12.4. The smallest absolute Gasteiger partial charge is 0.348 e. The summed E-state index contributed by atoms with van der Waals surface area (Å²) >= 11 is 9.02. The van der Waals surface area contributed by atoms with Crippen LogP contribution < -0.4 is 5.56 Å². The topological polar surface area (TPSA) is 72.0 Å². The summed E-state index contributed by atoms with van der Waals surface area (Å²) in [4.78, 5) is 34.2. The highest BCUT2D eigenvalue weighted by Crippen LogP contribution is 2.29. The molecule has 0 bridgehead atoms. The molecule has 3 heterocycles. The van der Waals surface area contributed by atoms with Gasteiger partial charge in [0.2, 0.25) is 0 Å². The number of ether oxygens (including phenoxy) is 1. The number of halogens is 1. The Balaban J connectivity index is 2.12. The first-order valence-electron chi connectivity index (χ1n) is 6.96. The molecule has 3 aromatic heterocycles. The lowest BCUT2D eigenvalue weighted by molar-refractivity contribution is 0.0605. The number of methoxy groups -OCH3 is 1. The number of aryl methyl sites for hydroxylation is 2. The normalized spacial score (nSPS) is 11.9. The van der Waals surface area contributed by atoms with Crippen molar-refractivity contribution in [2.45, 2.75) is 13.8 Å². The number of nitrogens with zero attached hydrogens (tertiary/aromatic N) is 1.